The Hall–Kier alpha value is -6.07. The SMILES string of the molecule is c1ccc(-c2cc(-c3ccc(-n4c5ccccc5c5c6sc7ccccc7c6c6sc7ccccc7c6c54)cc3)cc(-c3ccccc3)n2)cc1. The molecule has 0 aliphatic heterocycles. The van der Waals surface area contributed by atoms with Crippen LogP contribution in [-0.4, -0.2) is 9.55 Å². The van der Waals surface area contributed by atoms with Crippen molar-refractivity contribution in [3.05, 3.63) is 170 Å². The summed E-state index contributed by atoms with van der Waals surface area (Å²) < 4.78 is 7.91. The number of hydrogen-bond donors (Lipinski definition) is 0. The van der Waals surface area contributed by atoms with E-state index < -0.39 is 0 Å². The highest BCUT2D eigenvalue weighted by Crippen LogP contribution is 2.52. The third-order valence-electron chi connectivity index (χ3n) is 10.2. The molecule has 0 spiro atoms. The first-order valence-corrected chi connectivity index (χ1v) is 18.8. The number of thiophene rings is 2. The molecule has 51 heavy (non-hydrogen) atoms. The third-order valence-corrected chi connectivity index (χ3v) is 12.6. The van der Waals surface area contributed by atoms with Gasteiger partial charge in [-0.1, -0.05) is 127 Å². The van der Waals surface area contributed by atoms with Gasteiger partial charge in [0.2, 0.25) is 0 Å². The molecule has 0 radical (unpaired) electrons. The number of fused-ring (bicyclic) bond motifs is 12. The van der Waals surface area contributed by atoms with Gasteiger partial charge in [0.1, 0.15) is 0 Å². The summed E-state index contributed by atoms with van der Waals surface area (Å²) in [5.41, 5.74) is 10.1. The summed E-state index contributed by atoms with van der Waals surface area (Å²) in [7, 11) is 0. The van der Waals surface area contributed by atoms with Crippen LogP contribution < -0.4 is 0 Å². The Balaban J connectivity index is 1.18. The van der Waals surface area contributed by atoms with Gasteiger partial charge in [0, 0.05) is 67.9 Å². The van der Waals surface area contributed by atoms with Gasteiger partial charge < -0.3 is 4.57 Å². The molecule has 0 N–H and O–H groups in total. The van der Waals surface area contributed by atoms with E-state index in [4.69, 9.17) is 4.98 Å². The maximum absolute atomic E-state index is 5.11. The van der Waals surface area contributed by atoms with Crippen molar-refractivity contribution in [3.63, 3.8) is 0 Å². The summed E-state index contributed by atoms with van der Waals surface area (Å²) in [5, 5.41) is 8.03. The molecule has 238 valence electrons. The van der Waals surface area contributed by atoms with Crippen LogP contribution in [0.25, 0.3) is 101 Å². The highest BCUT2D eigenvalue weighted by atomic mass is 32.1. The minimum absolute atomic E-state index is 0.970. The molecule has 11 rings (SSSR count). The van der Waals surface area contributed by atoms with Crippen LogP contribution in [0.4, 0.5) is 0 Å². The fraction of sp³-hybridized carbons (Fsp3) is 0. The van der Waals surface area contributed by atoms with Crippen LogP contribution >= 0.6 is 22.7 Å². The first-order chi connectivity index (χ1) is 25.3. The molecule has 0 aliphatic rings. The van der Waals surface area contributed by atoms with Crippen molar-refractivity contribution in [2.45, 2.75) is 0 Å². The van der Waals surface area contributed by atoms with Gasteiger partial charge in [-0.3, -0.25) is 0 Å². The average Bonchev–Trinajstić information content (AvgIpc) is 3.88. The Kier molecular flexibility index (Phi) is 6.32. The second-order valence-electron chi connectivity index (χ2n) is 13.1. The van der Waals surface area contributed by atoms with Crippen molar-refractivity contribution in [1.29, 1.82) is 0 Å². The van der Waals surface area contributed by atoms with Crippen LogP contribution in [0.5, 0.6) is 0 Å². The number of nitrogens with zero attached hydrogens (tertiary/aromatic N) is 2. The molecule has 0 amide bonds. The topological polar surface area (TPSA) is 17.8 Å². The number of para-hydroxylation sites is 1. The fourth-order valence-electron chi connectivity index (χ4n) is 7.89. The number of aromatic nitrogens is 2. The molecule has 0 bridgehead atoms. The zero-order chi connectivity index (χ0) is 33.5. The minimum atomic E-state index is 0.970. The molecule has 7 aromatic carbocycles. The van der Waals surface area contributed by atoms with Crippen molar-refractivity contribution < 1.29 is 0 Å². The van der Waals surface area contributed by atoms with E-state index in [0.29, 0.717) is 0 Å². The summed E-state index contributed by atoms with van der Waals surface area (Å²) in [6, 6.07) is 61.3. The van der Waals surface area contributed by atoms with E-state index in [1.165, 1.54) is 62.2 Å². The first kappa shape index (κ1) is 28.7. The molecule has 4 heteroatoms. The number of hydrogen-bond acceptors (Lipinski definition) is 3. The van der Waals surface area contributed by atoms with Crippen molar-refractivity contribution in [3.8, 4) is 39.3 Å². The zero-order valence-corrected chi connectivity index (χ0v) is 29.0. The monoisotopic (exact) mass is 684 g/mol. The number of pyridine rings is 1. The van der Waals surface area contributed by atoms with Gasteiger partial charge in [0.05, 0.1) is 22.4 Å². The van der Waals surface area contributed by atoms with Gasteiger partial charge in [-0.05, 0) is 53.6 Å². The van der Waals surface area contributed by atoms with Crippen LogP contribution in [0.3, 0.4) is 0 Å². The largest absolute Gasteiger partial charge is 0.309 e. The Bertz CT molecular complexity index is 3030. The molecule has 0 saturated carbocycles. The Labute approximate surface area is 302 Å². The normalized spacial score (nSPS) is 11.9. The highest BCUT2D eigenvalue weighted by molar-refractivity contribution is 7.30. The molecular formula is C47H28N2S2. The lowest BCUT2D eigenvalue weighted by molar-refractivity contribution is 1.19. The Morgan fingerprint density at radius 2 is 0.882 bits per heavy atom. The lowest BCUT2D eigenvalue weighted by atomic mass is 9.99. The molecule has 0 fully saturated rings. The van der Waals surface area contributed by atoms with E-state index in [1.54, 1.807) is 0 Å². The van der Waals surface area contributed by atoms with Crippen molar-refractivity contribution in [1.82, 2.24) is 9.55 Å². The van der Waals surface area contributed by atoms with E-state index >= 15 is 0 Å². The van der Waals surface area contributed by atoms with Gasteiger partial charge in [0.25, 0.3) is 0 Å². The second-order valence-corrected chi connectivity index (χ2v) is 15.2. The third kappa shape index (κ3) is 4.37. The minimum Gasteiger partial charge on any atom is -0.309 e. The van der Waals surface area contributed by atoms with Crippen LogP contribution in [0.1, 0.15) is 0 Å². The van der Waals surface area contributed by atoms with Crippen LogP contribution in [-0.2, 0) is 0 Å². The maximum Gasteiger partial charge on any atom is 0.0715 e. The van der Waals surface area contributed by atoms with Gasteiger partial charge in [-0.2, -0.15) is 0 Å². The number of rotatable bonds is 4. The summed E-state index contributed by atoms with van der Waals surface area (Å²) in [5.74, 6) is 0. The van der Waals surface area contributed by atoms with Gasteiger partial charge in [0.15, 0.2) is 0 Å². The van der Waals surface area contributed by atoms with Crippen molar-refractivity contribution in [2.24, 2.45) is 0 Å². The quantitative estimate of drug-likeness (QED) is 0.180. The van der Waals surface area contributed by atoms with E-state index in [2.05, 4.69) is 174 Å². The fourth-order valence-corrected chi connectivity index (χ4v) is 10.5. The van der Waals surface area contributed by atoms with Crippen LogP contribution in [0.2, 0.25) is 0 Å². The molecule has 4 aromatic heterocycles. The highest BCUT2D eigenvalue weighted by Gasteiger charge is 2.24. The summed E-state index contributed by atoms with van der Waals surface area (Å²) >= 11 is 3.85. The zero-order valence-electron chi connectivity index (χ0n) is 27.4. The van der Waals surface area contributed by atoms with Crippen molar-refractivity contribution >= 4 is 84.8 Å². The summed E-state index contributed by atoms with van der Waals surface area (Å²) in [6.07, 6.45) is 0. The van der Waals surface area contributed by atoms with E-state index in [9.17, 15) is 0 Å². The number of benzene rings is 7. The first-order valence-electron chi connectivity index (χ1n) is 17.2. The molecule has 0 aliphatic carbocycles. The van der Waals surface area contributed by atoms with Crippen LogP contribution in [0.15, 0.2) is 170 Å². The van der Waals surface area contributed by atoms with Gasteiger partial charge >= 0.3 is 0 Å². The molecule has 2 nitrogen and oxygen atoms in total. The van der Waals surface area contributed by atoms with E-state index in [-0.39, 0.29) is 0 Å². The molecule has 11 aromatic rings. The molecule has 0 saturated heterocycles. The predicted octanol–water partition coefficient (Wildman–Crippen LogP) is 13.9. The lowest BCUT2D eigenvalue weighted by Crippen LogP contribution is -1.95. The molecular weight excluding hydrogens is 657 g/mol. The van der Waals surface area contributed by atoms with Crippen LogP contribution in [0, 0.1) is 0 Å². The summed E-state index contributed by atoms with van der Waals surface area (Å²) in [4.78, 5) is 5.11. The average molecular weight is 685 g/mol. The molecule has 4 heterocycles. The smallest absolute Gasteiger partial charge is 0.0715 e. The Morgan fingerprint density at radius 3 is 1.49 bits per heavy atom. The molecule has 0 atom stereocenters. The second kappa shape index (κ2) is 11.2. The van der Waals surface area contributed by atoms with E-state index in [1.807, 2.05) is 22.7 Å². The standard InChI is InChI=1S/C47H28N2S2/c1-3-13-30(14-4-1)37-27-32(28-38(48-37)31-15-5-2-6-16-31)29-23-25-33(26-24-29)49-39-20-10-7-17-34(39)42-45(49)43-35-18-8-11-21-40(35)50-47(43)44-36-19-9-12-22-41(36)51-46(42)44/h1-28H. The van der Waals surface area contributed by atoms with Gasteiger partial charge in [-0.15, -0.1) is 22.7 Å². The molecule has 0 unspecified atom stereocenters. The van der Waals surface area contributed by atoms with Crippen molar-refractivity contribution in [2.75, 3.05) is 0 Å². The van der Waals surface area contributed by atoms with Gasteiger partial charge in [-0.25, -0.2) is 4.98 Å². The predicted molar refractivity (Wildman–Crippen MR) is 221 cm³/mol. The lowest BCUT2D eigenvalue weighted by Gasteiger charge is -2.13. The summed E-state index contributed by atoms with van der Waals surface area (Å²) in [6.45, 7) is 0. The Morgan fingerprint density at radius 1 is 0.392 bits per heavy atom. The maximum atomic E-state index is 5.11. The van der Waals surface area contributed by atoms with E-state index in [0.717, 1.165) is 39.3 Å².